The van der Waals surface area contributed by atoms with Crippen molar-refractivity contribution in [2.45, 2.75) is 52.6 Å². The molecule has 1 aliphatic rings. The monoisotopic (exact) mass is 280 g/mol. The average molecular weight is 280 g/mol. The second kappa shape index (κ2) is 6.87. The van der Waals surface area contributed by atoms with Crippen LogP contribution in [0.15, 0.2) is 11.4 Å². The van der Waals surface area contributed by atoms with Crippen molar-refractivity contribution in [2.24, 2.45) is 5.92 Å². The number of hydrogen-bond acceptors (Lipinski definition) is 3. The summed E-state index contributed by atoms with van der Waals surface area (Å²) in [5, 5.41) is 5.69. The summed E-state index contributed by atoms with van der Waals surface area (Å²) in [7, 11) is 0. The van der Waals surface area contributed by atoms with Crippen LogP contribution in [0.4, 0.5) is 0 Å². The number of thiophene rings is 1. The second-order valence-electron chi connectivity index (χ2n) is 6.13. The number of nitrogens with zero attached hydrogens (tertiary/aromatic N) is 1. The fourth-order valence-corrected chi connectivity index (χ4v) is 4.15. The van der Waals surface area contributed by atoms with E-state index in [4.69, 9.17) is 0 Å². The first-order valence-electron chi connectivity index (χ1n) is 7.60. The highest BCUT2D eigenvalue weighted by molar-refractivity contribution is 7.10. The first-order chi connectivity index (χ1) is 9.09. The molecule has 0 aliphatic carbocycles. The van der Waals surface area contributed by atoms with Gasteiger partial charge in [-0.2, -0.15) is 0 Å². The first kappa shape index (κ1) is 15.0. The summed E-state index contributed by atoms with van der Waals surface area (Å²) in [6, 6.07) is 3.42. The van der Waals surface area contributed by atoms with Crippen LogP contribution in [0.5, 0.6) is 0 Å². The molecule has 19 heavy (non-hydrogen) atoms. The topological polar surface area (TPSA) is 15.3 Å². The van der Waals surface area contributed by atoms with Gasteiger partial charge in [0.05, 0.1) is 0 Å². The van der Waals surface area contributed by atoms with Crippen molar-refractivity contribution in [3.8, 4) is 0 Å². The molecule has 3 heteroatoms. The lowest BCUT2D eigenvalue weighted by atomic mass is 9.96. The number of hydrogen-bond donors (Lipinski definition) is 1. The van der Waals surface area contributed by atoms with Gasteiger partial charge >= 0.3 is 0 Å². The molecule has 1 aromatic heterocycles. The summed E-state index contributed by atoms with van der Waals surface area (Å²) >= 11 is 1.91. The normalized spacial score (nSPS) is 19.3. The first-order valence-corrected chi connectivity index (χ1v) is 8.48. The molecule has 0 amide bonds. The minimum absolute atomic E-state index is 0.551. The summed E-state index contributed by atoms with van der Waals surface area (Å²) in [5.41, 5.74) is 1.45. The molecule has 0 saturated carbocycles. The maximum absolute atomic E-state index is 3.47. The molecule has 1 fully saturated rings. The lowest BCUT2D eigenvalue weighted by molar-refractivity contribution is 0.126. The van der Waals surface area contributed by atoms with Gasteiger partial charge in [-0.05, 0) is 76.6 Å². The predicted octanol–water partition coefficient (Wildman–Crippen LogP) is 3.83. The van der Waals surface area contributed by atoms with E-state index in [1.165, 1.54) is 38.0 Å². The van der Waals surface area contributed by atoms with Gasteiger partial charge in [-0.25, -0.2) is 0 Å². The van der Waals surface area contributed by atoms with Gasteiger partial charge in [-0.15, -0.1) is 11.3 Å². The van der Waals surface area contributed by atoms with Crippen LogP contribution in [0.3, 0.4) is 0 Å². The lowest BCUT2D eigenvalue weighted by Crippen LogP contribution is -2.40. The molecule has 0 aromatic carbocycles. The van der Waals surface area contributed by atoms with Crippen molar-refractivity contribution in [1.29, 1.82) is 0 Å². The van der Waals surface area contributed by atoms with Crippen LogP contribution in [0.25, 0.3) is 0 Å². The third-order valence-corrected chi connectivity index (χ3v) is 5.56. The van der Waals surface area contributed by atoms with E-state index >= 15 is 0 Å². The molecule has 0 bridgehead atoms. The zero-order valence-electron chi connectivity index (χ0n) is 12.8. The second-order valence-corrected chi connectivity index (χ2v) is 7.08. The standard InChI is InChI=1S/C16H28N2S/c1-12(2)18(11-15-5-8-17-9-6-15)14(4)16-13(3)7-10-19-16/h7,10,12,14-15,17H,5-6,8-9,11H2,1-4H3. The molecule has 1 aromatic rings. The minimum atomic E-state index is 0.551. The van der Waals surface area contributed by atoms with Crippen molar-refractivity contribution in [3.05, 3.63) is 21.9 Å². The molecule has 2 rings (SSSR count). The van der Waals surface area contributed by atoms with Gasteiger partial charge in [0.15, 0.2) is 0 Å². The van der Waals surface area contributed by atoms with Crippen LogP contribution >= 0.6 is 11.3 Å². The molecule has 1 atom stereocenters. The molecule has 2 nitrogen and oxygen atoms in total. The fourth-order valence-electron chi connectivity index (χ4n) is 3.14. The maximum Gasteiger partial charge on any atom is 0.0418 e. The Kier molecular flexibility index (Phi) is 5.43. The van der Waals surface area contributed by atoms with Gasteiger partial charge in [0.25, 0.3) is 0 Å². The summed E-state index contributed by atoms with van der Waals surface area (Å²) < 4.78 is 0. The SMILES string of the molecule is Cc1ccsc1C(C)N(CC1CCNCC1)C(C)C. The van der Waals surface area contributed by atoms with Crippen molar-refractivity contribution >= 4 is 11.3 Å². The molecule has 1 saturated heterocycles. The van der Waals surface area contributed by atoms with E-state index in [0.717, 1.165) is 5.92 Å². The molecule has 2 heterocycles. The Morgan fingerprint density at radius 3 is 2.53 bits per heavy atom. The van der Waals surface area contributed by atoms with Crippen LogP contribution in [0, 0.1) is 12.8 Å². The predicted molar refractivity (Wildman–Crippen MR) is 84.9 cm³/mol. The Hall–Kier alpha value is -0.380. The zero-order valence-corrected chi connectivity index (χ0v) is 13.6. The fraction of sp³-hybridized carbons (Fsp3) is 0.750. The van der Waals surface area contributed by atoms with Crippen LogP contribution in [0.2, 0.25) is 0 Å². The summed E-state index contributed by atoms with van der Waals surface area (Å²) in [4.78, 5) is 4.23. The van der Waals surface area contributed by atoms with Gasteiger partial charge < -0.3 is 5.32 Å². The van der Waals surface area contributed by atoms with Gasteiger partial charge in [0.1, 0.15) is 0 Å². The van der Waals surface area contributed by atoms with E-state index in [9.17, 15) is 0 Å². The molecular weight excluding hydrogens is 252 g/mol. The lowest BCUT2D eigenvalue weighted by Gasteiger charge is -2.37. The largest absolute Gasteiger partial charge is 0.317 e. The Labute approximate surface area is 122 Å². The van der Waals surface area contributed by atoms with Gasteiger partial charge in [-0.1, -0.05) is 0 Å². The van der Waals surface area contributed by atoms with Crippen molar-refractivity contribution in [2.75, 3.05) is 19.6 Å². The highest BCUT2D eigenvalue weighted by atomic mass is 32.1. The third kappa shape index (κ3) is 3.80. The molecule has 1 unspecified atom stereocenters. The summed E-state index contributed by atoms with van der Waals surface area (Å²) in [6.45, 7) is 12.9. The molecule has 1 N–H and O–H groups in total. The Morgan fingerprint density at radius 2 is 2.00 bits per heavy atom. The van der Waals surface area contributed by atoms with E-state index < -0.39 is 0 Å². The van der Waals surface area contributed by atoms with Crippen molar-refractivity contribution in [1.82, 2.24) is 10.2 Å². The molecule has 0 radical (unpaired) electrons. The van der Waals surface area contributed by atoms with E-state index in [2.05, 4.69) is 49.4 Å². The maximum atomic E-state index is 3.47. The Bertz CT molecular complexity index is 380. The highest BCUT2D eigenvalue weighted by Crippen LogP contribution is 2.31. The van der Waals surface area contributed by atoms with E-state index in [1.807, 2.05) is 11.3 Å². The van der Waals surface area contributed by atoms with Crippen LogP contribution < -0.4 is 5.32 Å². The van der Waals surface area contributed by atoms with Gasteiger partial charge in [0, 0.05) is 23.5 Å². The summed E-state index contributed by atoms with van der Waals surface area (Å²) in [6.07, 6.45) is 2.67. The quantitative estimate of drug-likeness (QED) is 0.882. The molecular formula is C16H28N2S. The van der Waals surface area contributed by atoms with Crippen LogP contribution in [-0.2, 0) is 0 Å². The smallest absolute Gasteiger partial charge is 0.0418 e. The summed E-state index contributed by atoms with van der Waals surface area (Å²) in [5.74, 6) is 0.867. The van der Waals surface area contributed by atoms with Gasteiger partial charge in [-0.3, -0.25) is 4.90 Å². The van der Waals surface area contributed by atoms with Crippen molar-refractivity contribution in [3.63, 3.8) is 0 Å². The van der Waals surface area contributed by atoms with E-state index in [-0.39, 0.29) is 0 Å². The van der Waals surface area contributed by atoms with E-state index in [1.54, 1.807) is 4.88 Å². The number of rotatable bonds is 5. The number of aryl methyl sites for hydroxylation is 1. The number of nitrogens with one attached hydrogen (secondary N) is 1. The Balaban J connectivity index is 2.04. The Morgan fingerprint density at radius 1 is 1.32 bits per heavy atom. The highest BCUT2D eigenvalue weighted by Gasteiger charge is 2.25. The molecule has 1 aliphatic heterocycles. The third-order valence-electron chi connectivity index (χ3n) is 4.37. The van der Waals surface area contributed by atoms with Crippen LogP contribution in [-0.4, -0.2) is 30.6 Å². The van der Waals surface area contributed by atoms with Crippen molar-refractivity contribution < 1.29 is 0 Å². The van der Waals surface area contributed by atoms with E-state index in [0.29, 0.717) is 12.1 Å². The minimum Gasteiger partial charge on any atom is -0.317 e. The van der Waals surface area contributed by atoms with Gasteiger partial charge in [0.2, 0.25) is 0 Å². The molecule has 0 spiro atoms. The number of piperidine rings is 1. The van der Waals surface area contributed by atoms with Crippen LogP contribution in [0.1, 0.15) is 50.1 Å². The zero-order chi connectivity index (χ0) is 13.8. The molecule has 108 valence electrons. The average Bonchev–Trinajstić information content (AvgIpc) is 2.82.